The Kier molecular flexibility index (Phi) is 15.8. The van der Waals surface area contributed by atoms with E-state index in [-0.39, 0.29) is 5.43 Å². The fourth-order valence-corrected chi connectivity index (χ4v) is 15.4. The van der Waals surface area contributed by atoms with Crippen molar-refractivity contribution < 1.29 is 26.8 Å². The van der Waals surface area contributed by atoms with Crippen molar-refractivity contribution in [2.45, 2.75) is 80.1 Å². The molecular weight excluding hydrogens is 1020 g/mol. The van der Waals surface area contributed by atoms with Crippen molar-refractivity contribution in [2.24, 2.45) is 0 Å². The number of hydrogen-bond acceptors (Lipinski definition) is 2. The van der Waals surface area contributed by atoms with Crippen LogP contribution in [0.3, 0.4) is 0 Å². The zero-order chi connectivity index (χ0) is 45.6. The maximum absolute atomic E-state index is 6.71. The number of fused-ring (bicyclic) bond motifs is 2. The molecule has 0 N–H and O–H groups in total. The van der Waals surface area contributed by atoms with Crippen LogP contribution in [0.15, 0.2) is 106 Å². The first kappa shape index (κ1) is 49.4. The first-order chi connectivity index (χ1) is 28.9. The van der Waals surface area contributed by atoms with Crippen LogP contribution in [-0.4, -0.2) is 21.6 Å². The SMILES string of the molecule is C[Si](C)=[Zr]([Cl])[Cl].Cc1ccc(-c2cc3c(-c4cc(Cl)c([Si](C)(C)C)c(Cl)c4)c(C)ccc3[cH-]2)o1.Cc1ccc(-c2cc3c(-c4cc(Cl)c([Si](C)(C)C)c(Cl)c4)c(C)ccc3[cH-]2)o1. The quantitative estimate of drug-likeness (QED) is 0.123. The number of furan rings is 2. The van der Waals surface area contributed by atoms with E-state index in [0.717, 1.165) is 75.8 Å². The molecule has 0 atom stereocenters. The molecule has 0 amide bonds. The van der Waals surface area contributed by atoms with Gasteiger partial charge in [0.15, 0.2) is 0 Å². The summed E-state index contributed by atoms with van der Waals surface area (Å²) in [6.07, 6.45) is 0. The standard InChI is InChI=1S/2C24H23Cl2OSi.C2H6Si.2ClH.Zr/c2*1-14-6-8-16-10-17(22-9-7-15(2)27-22)11-19(16)23(14)18-12-20(25)24(21(26)13-18)28(3,4)5;1-3-2;;;/h2*6-13H,1-5H3;1-2H3;2*1H;/q2*-1;;;;+2/p-2. The zero-order valence-electron chi connectivity index (χ0n) is 37.3. The van der Waals surface area contributed by atoms with Gasteiger partial charge in [-0.05, 0) is 109 Å². The maximum atomic E-state index is 6.71. The molecule has 2 nitrogen and oxygen atoms in total. The largest absolute Gasteiger partial charge is 0.496 e. The normalized spacial score (nSPS) is 11.7. The van der Waals surface area contributed by atoms with Crippen LogP contribution in [0.4, 0.5) is 0 Å². The Morgan fingerprint density at radius 1 is 0.500 bits per heavy atom. The van der Waals surface area contributed by atoms with Gasteiger partial charge in [0.2, 0.25) is 0 Å². The Morgan fingerprint density at radius 2 is 0.823 bits per heavy atom. The minimum Gasteiger partial charge on any atom is -0.496 e. The number of aryl methyl sites for hydroxylation is 4. The van der Waals surface area contributed by atoms with Crippen molar-refractivity contribution >= 4 is 117 Å². The molecule has 8 aromatic rings. The van der Waals surface area contributed by atoms with Gasteiger partial charge in [-0.25, -0.2) is 0 Å². The number of benzene rings is 4. The van der Waals surface area contributed by atoms with E-state index in [2.05, 4.69) is 139 Å². The molecule has 324 valence electrons. The summed E-state index contributed by atoms with van der Waals surface area (Å²) in [5, 5.41) is 10.1. The van der Waals surface area contributed by atoms with Crippen LogP contribution in [0.5, 0.6) is 0 Å². The first-order valence-electron chi connectivity index (χ1n) is 20.5. The third-order valence-electron chi connectivity index (χ3n) is 10.8. The summed E-state index contributed by atoms with van der Waals surface area (Å²) in [4.78, 5) is 0. The predicted molar refractivity (Wildman–Crippen MR) is 279 cm³/mol. The van der Waals surface area contributed by atoms with Crippen molar-refractivity contribution in [3.8, 4) is 44.9 Å². The van der Waals surface area contributed by atoms with Gasteiger partial charge < -0.3 is 8.83 Å². The van der Waals surface area contributed by atoms with Crippen molar-refractivity contribution in [3.63, 3.8) is 0 Å². The molecule has 0 aliphatic carbocycles. The molecule has 0 aliphatic heterocycles. The molecule has 0 radical (unpaired) electrons. The third-order valence-corrected chi connectivity index (χ3v) is 36.4. The monoisotopic (exact) mass is 1070 g/mol. The molecule has 6 aromatic carbocycles. The second-order valence-electron chi connectivity index (χ2n) is 18.2. The Bertz CT molecular complexity index is 2720. The van der Waals surface area contributed by atoms with E-state index in [9.17, 15) is 0 Å². The molecule has 0 bridgehead atoms. The summed E-state index contributed by atoms with van der Waals surface area (Å²) in [7, 11) is 7.98. The van der Waals surface area contributed by atoms with Crippen molar-refractivity contribution in [2.75, 3.05) is 0 Å². The molecule has 0 unspecified atom stereocenters. The van der Waals surface area contributed by atoms with Crippen LogP contribution < -0.4 is 10.4 Å². The molecule has 0 spiro atoms. The second-order valence-corrected chi connectivity index (χ2v) is 52.8. The molecule has 2 heterocycles. The van der Waals surface area contributed by atoms with Crippen LogP contribution in [0.1, 0.15) is 22.6 Å². The van der Waals surface area contributed by atoms with Crippen LogP contribution >= 0.6 is 63.4 Å². The van der Waals surface area contributed by atoms with Crippen LogP contribution in [0.25, 0.3) is 66.4 Å². The smallest absolute Gasteiger partial charge is 0.0896 e. The molecule has 0 aliphatic rings. The van der Waals surface area contributed by atoms with Gasteiger partial charge in [-0.3, -0.25) is 0 Å². The summed E-state index contributed by atoms with van der Waals surface area (Å²) in [5.41, 5.74) is 8.84. The van der Waals surface area contributed by atoms with Crippen LogP contribution in [0, 0.1) is 27.7 Å². The van der Waals surface area contributed by atoms with Gasteiger partial charge in [0, 0.05) is 20.1 Å². The molecule has 0 saturated heterocycles. The molecule has 12 heteroatoms. The Balaban J connectivity index is 0.000000183. The van der Waals surface area contributed by atoms with Gasteiger partial charge in [-0.2, -0.15) is 0 Å². The van der Waals surface area contributed by atoms with Gasteiger partial charge in [0.25, 0.3) is 0 Å². The van der Waals surface area contributed by atoms with Crippen LogP contribution in [-0.2, 0) is 18.0 Å². The summed E-state index contributed by atoms with van der Waals surface area (Å²) in [5.74, 6) is 3.61. The number of halogens is 6. The van der Waals surface area contributed by atoms with Crippen LogP contribution in [0.2, 0.25) is 72.5 Å². The molecule has 0 saturated carbocycles. The van der Waals surface area contributed by atoms with E-state index in [4.69, 9.17) is 72.3 Å². The number of hydrogen-bond donors (Lipinski definition) is 0. The van der Waals surface area contributed by atoms with Gasteiger partial charge in [0.1, 0.15) is 0 Å². The molecule has 8 rings (SSSR count). The summed E-state index contributed by atoms with van der Waals surface area (Å²) in [6.45, 7) is 26.1. The van der Waals surface area contributed by atoms with E-state index in [0.29, 0.717) is 0 Å². The van der Waals surface area contributed by atoms with Crippen molar-refractivity contribution in [1.82, 2.24) is 0 Å². The fourth-order valence-electron chi connectivity index (χ4n) is 7.88. The maximum Gasteiger partial charge on any atom is 0.0896 e. The molecule has 62 heavy (non-hydrogen) atoms. The fraction of sp³-hybridized carbons (Fsp3) is 0.240. The Labute approximate surface area is 404 Å². The molecular formula is C50H52Cl6O2Si3Zr-2. The Morgan fingerprint density at radius 3 is 1.08 bits per heavy atom. The van der Waals surface area contributed by atoms with Crippen molar-refractivity contribution in [1.29, 1.82) is 0 Å². The zero-order valence-corrected chi connectivity index (χ0v) is 47.3. The summed E-state index contributed by atoms with van der Waals surface area (Å²) >= 11 is 25.2. The topological polar surface area (TPSA) is 26.3 Å². The van der Waals surface area contributed by atoms with E-state index in [1.807, 2.05) is 38.1 Å². The van der Waals surface area contributed by atoms with Gasteiger partial charge in [-0.1, -0.05) is 120 Å². The first-order valence-corrected chi connectivity index (χ1v) is 41.5. The van der Waals surface area contributed by atoms with E-state index in [1.165, 1.54) is 43.8 Å². The van der Waals surface area contributed by atoms with E-state index in [1.54, 1.807) is 0 Å². The minimum atomic E-state index is -1.65. The predicted octanol–water partition coefficient (Wildman–Crippen LogP) is 18.1. The average Bonchev–Trinajstić information content (AvgIpc) is 3.97. The van der Waals surface area contributed by atoms with E-state index >= 15 is 0 Å². The Hall–Kier alpha value is -2.07. The molecule has 0 fully saturated rings. The van der Waals surface area contributed by atoms with E-state index < -0.39 is 34.1 Å². The van der Waals surface area contributed by atoms with Gasteiger partial charge >= 0.3 is 53.5 Å². The third kappa shape index (κ3) is 11.1. The van der Waals surface area contributed by atoms with Gasteiger partial charge in [0.05, 0.1) is 39.2 Å². The second kappa shape index (κ2) is 19.8. The minimum absolute atomic E-state index is 0.224. The van der Waals surface area contributed by atoms with Gasteiger partial charge in [-0.15, -0.1) is 57.9 Å². The summed E-state index contributed by atoms with van der Waals surface area (Å²) in [6, 6.07) is 33.7. The average molecular weight is 1070 g/mol. The molecule has 2 aromatic heterocycles. The number of rotatable bonds is 6. The summed E-state index contributed by atoms with van der Waals surface area (Å²) < 4.78 is 11.7. The van der Waals surface area contributed by atoms with Crippen molar-refractivity contribution in [3.05, 3.63) is 140 Å².